The Labute approximate surface area is 142 Å². The third-order valence-corrected chi connectivity index (χ3v) is 5.18. The molecule has 5 heteroatoms. The molecule has 1 aliphatic carbocycles. The molecule has 23 heavy (non-hydrogen) atoms. The number of aromatic nitrogens is 3. The van der Waals surface area contributed by atoms with Crippen molar-refractivity contribution in [1.29, 1.82) is 0 Å². The largest absolute Gasteiger partial charge is 0.300 e. The summed E-state index contributed by atoms with van der Waals surface area (Å²) in [7, 11) is 0. The van der Waals surface area contributed by atoms with Gasteiger partial charge in [0.1, 0.15) is 5.82 Å². The lowest BCUT2D eigenvalue weighted by molar-refractivity contribution is 0.187. The van der Waals surface area contributed by atoms with Crippen LogP contribution in [0.15, 0.2) is 36.9 Å². The van der Waals surface area contributed by atoms with Gasteiger partial charge < -0.3 is 0 Å². The molecule has 1 fully saturated rings. The number of hydrogen-bond donors (Lipinski definition) is 0. The minimum atomic E-state index is 0.597. The first kappa shape index (κ1) is 14.8. The second-order valence-corrected chi connectivity index (χ2v) is 6.89. The second kappa shape index (κ2) is 6.06. The van der Waals surface area contributed by atoms with E-state index in [9.17, 15) is 0 Å². The van der Waals surface area contributed by atoms with Crippen LogP contribution in [0, 0.1) is 4.77 Å². The molecule has 0 radical (unpaired) electrons. The molecule has 4 rings (SSSR count). The van der Waals surface area contributed by atoms with Crippen molar-refractivity contribution >= 4 is 12.2 Å². The number of rotatable bonds is 5. The summed E-state index contributed by atoms with van der Waals surface area (Å²) in [4.78, 5) is 2.43. The van der Waals surface area contributed by atoms with Crippen LogP contribution in [0.4, 0.5) is 0 Å². The highest BCUT2D eigenvalue weighted by Crippen LogP contribution is 2.39. The molecule has 0 bridgehead atoms. The first-order valence-electron chi connectivity index (χ1n) is 8.34. The van der Waals surface area contributed by atoms with Gasteiger partial charge in [0.25, 0.3) is 0 Å². The predicted molar refractivity (Wildman–Crippen MR) is 93.8 cm³/mol. The first-order valence-corrected chi connectivity index (χ1v) is 8.74. The Morgan fingerprint density at radius 1 is 1.26 bits per heavy atom. The van der Waals surface area contributed by atoms with E-state index in [4.69, 9.17) is 17.3 Å². The minimum Gasteiger partial charge on any atom is -0.300 e. The summed E-state index contributed by atoms with van der Waals surface area (Å²) in [6.07, 6.45) is 5.48. The highest BCUT2D eigenvalue weighted by Gasteiger charge is 2.30. The van der Waals surface area contributed by atoms with Crippen LogP contribution in [0.3, 0.4) is 0 Å². The van der Waals surface area contributed by atoms with Crippen molar-refractivity contribution in [2.24, 2.45) is 0 Å². The lowest BCUT2D eigenvalue weighted by Crippen LogP contribution is -2.32. The zero-order valence-corrected chi connectivity index (χ0v) is 14.1. The Bertz CT molecular complexity index is 785. The Balaban J connectivity index is 1.57. The van der Waals surface area contributed by atoms with Gasteiger partial charge in [-0.15, -0.1) is 6.58 Å². The summed E-state index contributed by atoms with van der Waals surface area (Å²) < 4.78 is 4.98. The normalized spacial score (nSPS) is 17.9. The summed E-state index contributed by atoms with van der Waals surface area (Å²) in [5.74, 6) is 1.74. The minimum absolute atomic E-state index is 0.597. The fourth-order valence-corrected chi connectivity index (χ4v) is 3.63. The molecule has 120 valence electrons. The number of allylic oxidation sites excluding steroid dienone is 1. The van der Waals surface area contributed by atoms with Crippen LogP contribution in [-0.4, -0.2) is 25.8 Å². The van der Waals surface area contributed by atoms with E-state index in [2.05, 4.69) is 40.3 Å². The van der Waals surface area contributed by atoms with Gasteiger partial charge in [-0.1, -0.05) is 30.3 Å². The molecule has 4 nitrogen and oxygen atoms in total. The van der Waals surface area contributed by atoms with Crippen LogP contribution in [0.25, 0.3) is 0 Å². The zero-order valence-electron chi connectivity index (χ0n) is 13.3. The van der Waals surface area contributed by atoms with Crippen molar-refractivity contribution in [3.05, 3.63) is 58.6 Å². The van der Waals surface area contributed by atoms with Gasteiger partial charge in [-0.25, -0.2) is 4.68 Å². The fraction of sp³-hybridized carbons (Fsp3) is 0.444. The van der Waals surface area contributed by atoms with Gasteiger partial charge in [0.2, 0.25) is 0 Å². The second-order valence-electron chi connectivity index (χ2n) is 6.53. The third kappa shape index (κ3) is 2.91. The predicted octanol–water partition coefficient (Wildman–Crippen LogP) is 3.49. The van der Waals surface area contributed by atoms with E-state index in [1.165, 1.54) is 24.0 Å². The first-order chi connectivity index (χ1) is 11.3. The maximum absolute atomic E-state index is 5.66. The molecule has 2 aliphatic rings. The number of nitrogens with zero attached hydrogens (tertiary/aromatic N) is 4. The molecule has 0 N–H and O–H groups in total. The molecule has 2 aromatic rings. The molecule has 1 aromatic heterocycles. The van der Waals surface area contributed by atoms with E-state index in [1.807, 2.05) is 10.8 Å². The maximum atomic E-state index is 5.66. The average Bonchev–Trinajstić information content (AvgIpc) is 3.37. The maximum Gasteiger partial charge on any atom is 0.199 e. The summed E-state index contributed by atoms with van der Waals surface area (Å²) >= 11 is 5.66. The average molecular weight is 326 g/mol. The molecule has 0 amide bonds. The lowest BCUT2D eigenvalue weighted by atomic mass is 10.0. The van der Waals surface area contributed by atoms with Gasteiger partial charge in [0, 0.05) is 25.6 Å². The van der Waals surface area contributed by atoms with Crippen LogP contribution in [0.2, 0.25) is 0 Å². The standard InChI is InChI=1S/C18H22N4S/c1-2-10-21-17(15-7-8-15)19-22(18(21)23)13-20-11-9-14-5-3-4-6-16(14)12-20/h2-6,15H,1,7-13H2. The van der Waals surface area contributed by atoms with E-state index < -0.39 is 0 Å². The summed E-state index contributed by atoms with van der Waals surface area (Å²) in [5.41, 5.74) is 2.90. The Kier molecular flexibility index (Phi) is 3.91. The molecule has 0 saturated heterocycles. The van der Waals surface area contributed by atoms with Crippen molar-refractivity contribution in [3.63, 3.8) is 0 Å². The van der Waals surface area contributed by atoms with Crippen LogP contribution >= 0.6 is 12.2 Å². The van der Waals surface area contributed by atoms with Gasteiger partial charge in [-0.3, -0.25) is 9.47 Å². The Hall–Kier alpha value is -1.72. The summed E-state index contributed by atoms with van der Waals surface area (Å²) in [6, 6.07) is 8.72. The van der Waals surface area contributed by atoms with Crippen molar-refractivity contribution < 1.29 is 0 Å². The van der Waals surface area contributed by atoms with E-state index in [0.29, 0.717) is 5.92 Å². The topological polar surface area (TPSA) is 26.0 Å². The number of fused-ring (bicyclic) bond motifs is 1. The molecular weight excluding hydrogens is 304 g/mol. The van der Waals surface area contributed by atoms with Crippen LogP contribution in [0.5, 0.6) is 0 Å². The zero-order chi connectivity index (χ0) is 15.8. The molecule has 0 spiro atoms. The molecule has 0 atom stereocenters. The summed E-state index contributed by atoms with van der Waals surface area (Å²) in [6.45, 7) is 7.42. The van der Waals surface area contributed by atoms with Crippen molar-refractivity contribution in [3.8, 4) is 0 Å². The summed E-state index contributed by atoms with van der Waals surface area (Å²) in [5, 5.41) is 4.83. The number of hydrogen-bond acceptors (Lipinski definition) is 3. The van der Waals surface area contributed by atoms with Crippen LogP contribution in [0.1, 0.15) is 35.7 Å². The molecule has 2 heterocycles. The van der Waals surface area contributed by atoms with Crippen molar-refractivity contribution in [2.45, 2.75) is 44.9 Å². The van der Waals surface area contributed by atoms with Crippen molar-refractivity contribution in [2.75, 3.05) is 6.54 Å². The third-order valence-electron chi connectivity index (χ3n) is 4.75. The van der Waals surface area contributed by atoms with Gasteiger partial charge >= 0.3 is 0 Å². The van der Waals surface area contributed by atoms with E-state index in [0.717, 1.165) is 43.3 Å². The lowest BCUT2D eigenvalue weighted by Gasteiger charge is -2.28. The van der Waals surface area contributed by atoms with Gasteiger partial charge in [-0.05, 0) is 42.6 Å². The Morgan fingerprint density at radius 2 is 2.04 bits per heavy atom. The molecule has 1 aromatic carbocycles. The highest BCUT2D eigenvalue weighted by atomic mass is 32.1. The number of benzene rings is 1. The van der Waals surface area contributed by atoms with Gasteiger partial charge in [0.15, 0.2) is 4.77 Å². The smallest absolute Gasteiger partial charge is 0.199 e. The van der Waals surface area contributed by atoms with E-state index in [-0.39, 0.29) is 0 Å². The van der Waals surface area contributed by atoms with Gasteiger partial charge in [0.05, 0.1) is 6.67 Å². The fourth-order valence-electron chi connectivity index (χ4n) is 3.36. The van der Waals surface area contributed by atoms with Gasteiger partial charge in [-0.2, -0.15) is 5.10 Å². The highest BCUT2D eigenvalue weighted by molar-refractivity contribution is 7.71. The van der Waals surface area contributed by atoms with Crippen LogP contribution in [-0.2, 0) is 26.2 Å². The quantitative estimate of drug-likeness (QED) is 0.621. The SMILES string of the molecule is C=CCn1c(C2CC2)nn(CN2CCc3ccccc3C2)c1=S. The van der Waals surface area contributed by atoms with E-state index in [1.54, 1.807) is 0 Å². The van der Waals surface area contributed by atoms with Crippen molar-refractivity contribution in [1.82, 2.24) is 19.2 Å². The molecule has 0 unspecified atom stereocenters. The molecular formula is C18H22N4S. The molecule has 1 saturated carbocycles. The Morgan fingerprint density at radius 3 is 2.78 bits per heavy atom. The monoisotopic (exact) mass is 326 g/mol. The van der Waals surface area contributed by atoms with Crippen LogP contribution < -0.4 is 0 Å². The van der Waals surface area contributed by atoms with E-state index >= 15 is 0 Å². The molecule has 1 aliphatic heterocycles.